The Labute approximate surface area is 219 Å². The van der Waals surface area contributed by atoms with Gasteiger partial charge in [-0.1, -0.05) is 0 Å². The Balaban J connectivity index is 1.34. The van der Waals surface area contributed by atoms with Gasteiger partial charge in [0.05, 0.1) is 23.6 Å². The lowest BCUT2D eigenvalue weighted by atomic mass is 10.0. The van der Waals surface area contributed by atoms with Crippen molar-refractivity contribution in [2.75, 3.05) is 13.1 Å². The number of aryl methyl sites for hydroxylation is 2. The van der Waals surface area contributed by atoms with E-state index in [-0.39, 0.29) is 30.0 Å². The molecule has 200 valence electrons. The molecule has 2 amide bonds. The summed E-state index contributed by atoms with van der Waals surface area (Å²) in [5, 5.41) is 7.44. The van der Waals surface area contributed by atoms with Gasteiger partial charge in [0.1, 0.15) is 11.3 Å². The van der Waals surface area contributed by atoms with Crippen LogP contribution in [0.2, 0.25) is 0 Å². The molecule has 1 aliphatic rings. The van der Waals surface area contributed by atoms with Gasteiger partial charge in [-0.2, -0.15) is 5.10 Å². The Morgan fingerprint density at radius 1 is 1.11 bits per heavy atom. The number of imidazole rings is 2. The molecule has 1 N–H and O–H groups in total. The van der Waals surface area contributed by atoms with Crippen LogP contribution in [-0.4, -0.2) is 65.6 Å². The van der Waals surface area contributed by atoms with Crippen LogP contribution in [0.1, 0.15) is 61.8 Å². The first-order valence-electron chi connectivity index (χ1n) is 12.8. The van der Waals surface area contributed by atoms with Gasteiger partial charge >= 0.3 is 6.09 Å². The highest BCUT2D eigenvalue weighted by Gasteiger charge is 2.31. The minimum absolute atomic E-state index is 0.0447. The van der Waals surface area contributed by atoms with Crippen LogP contribution in [0.5, 0.6) is 0 Å². The zero-order chi connectivity index (χ0) is 27.2. The fraction of sp³-hybridized carbons (Fsp3) is 0.444. The number of halogens is 1. The quantitative estimate of drug-likeness (QED) is 0.429. The van der Waals surface area contributed by atoms with Gasteiger partial charge in [0.15, 0.2) is 17.1 Å². The van der Waals surface area contributed by atoms with Gasteiger partial charge in [-0.05, 0) is 71.6 Å². The molecular weight excluding hydrogens is 489 g/mol. The number of likely N-dealkylation sites (tertiary alicyclic amines) is 1. The number of carbonyl (C=O) groups excluding carboxylic acids is 2. The van der Waals surface area contributed by atoms with Crippen molar-refractivity contribution in [1.29, 1.82) is 0 Å². The summed E-state index contributed by atoms with van der Waals surface area (Å²) >= 11 is 0. The molecule has 1 atom stereocenters. The predicted molar refractivity (Wildman–Crippen MR) is 140 cm³/mol. The van der Waals surface area contributed by atoms with Gasteiger partial charge in [0, 0.05) is 31.0 Å². The maximum Gasteiger partial charge on any atom is 0.410 e. The molecule has 5 rings (SSSR count). The Morgan fingerprint density at radius 2 is 1.89 bits per heavy atom. The number of aromatic nitrogens is 5. The minimum Gasteiger partial charge on any atom is -0.444 e. The predicted octanol–water partition coefficient (Wildman–Crippen LogP) is 4.32. The molecule has 0 unspecified atom stereocenters. The lowest BCUT2D eigenvalue weighted by molar-refractivity contribution is 0.00985. The first-order valence-corrected chi connectivity index (χ1v) is 12.8. The number of hydrogen-bond acceptors (Lipinski definition) is 6. The highest BCUT2D eigenvalue weighted by atomic mass is 19.1. The minimum atomic E-state index is -0.598. The van der Waals surface area contributed by atoms with E-state index in [0.29, 0.717) is 17.8 Å². The average molecular weight is 522 g/mol. The standard InChI is InChI=1S/C27H32FN7O3/c1-16-10-21(32-35-13-17(2)30-23(16)35)18-11-20(28)24-31-22(15-33(24)14-18)25(36)29-12-19-8-6-7-9-34(19)26(37)38-27(3,4)5/h10-11,13-15,19H,6-9,12H2,1-5H3,(H,29,36)/t19-/m1/s1. The van der Waals surface area contributed by atoms with Crippen molar-refractivity contribution in [2.45, 2.75) is 65.5 Å². The molecule has 0 radical (unpaired) electrons. The van der Waals surface area contributed by atoms with Gasteiger partial charge in [0.25, 0.3) is 5.91 Å². The van der Waals surface area contributed by atoms with Crippen LogP contribution in [0.15, 0.2) is 30.7 Å². The van der Waals surface area contributed by atoms with E-state index in [1.165, 1.54) is 16.7 Å². The summed E-state index contributed by atoms with van der Waals surface area (Å²) in [4.78, 5) is 36.0. The van der Waals surface area contributed by atoms with Crippen LogP contribution >= 0.6 is 0 Å². The third-order valence-electron chi connectivity index (χ3n) is 6.52. The van der Waals surface area contributed by atoms with Crippen LogP contribution in [0, 0.1) is 19.7 Å². The summed E-state index contributed by atoms with van der Waals surface area (Å²) in [5.74, 6) is -1.00. The lowest BCUT2D eigenvalue weighted by Crippen LogP contribution is -2.50. The molecule has 10 nitrogen and oxygen atoms in total. The Bertz CT molecular complexity index is 1540. The number of rotatable bonds is 4. The molecule has 0 aromatic carbocycles. The van der Waals surface area contributed by atoms with Crippen molar-refractivity contribution in [1.82, 2.24) is 34.2 Å². The van der Waals surface area contributed by atoms with Crippen molar-refractivity contribution >= 4 is 23.3 Å². The lowest BCUT2D eigenvalue weighted by Gasteiger charge is -2.36. The molecule has 38 heavy (non-hydrogen) atoms. The molecule has 0 aliphatic carbocycles. The monoisotopic (exact) mass is 521 g/mol. The number of nitrogens with zero attached hydrogens (tertiary/aromatic N) is 6. The Morgan fingerprint density at radius 3 is 2.66 bits per heavy atom. The smallest absolute Gasteiger partial charge is 0.410 e. The fourth-order valence-electron chi connectivity index (χ4n) is 4.77. The number of hydrogen-bond donors (Lipinski definition) is 1. The third-order valence-corrected chi connectivity index (χ3v) is 6.52. The second kappa shape index (κ2) is 9.70. The van der Waals surface area contributed by atoms with Crippen LogP contribution in [0.4, 0.5) is 9.18 Å². The number of nitrogens with one attached hydrogen (secondary N) is 1. The van der Waals surface area contributed by atoms with Gasteiger partial charge in [-0.15, -0.1) is 0 Å². The summed E-state index contributed by atoms with van der Waals surface area (Å²) in [5.41, 5.74) is 3.16. The van der Waals surface area contributed by atoms with Gasteiger partial charge in [0.2, 0.25) is 0 Å². The van der Waals surface area contributed by atoms with Crippen molar-refractivity contribution in [3.05, 3.63) is 53.5 Å². The van der Waals surface area contributed by atoms with Crippen LogP contribution in [-0.2, 0) is 4.74 Å². The van der Waals surface area contributed by atoms with E-state index < -0.39 is 17.3 Å². The molecule has 1 aliphatic heterocycles. The summed E-state index contributed by atoms with van der Waals surface area (Å²) < 4.78 is 23.8. The van der Waals surface area contributed by atoms with Crippen LogP contribution in [0.25, 0.3) is 22.6 Å². The largest absolute Gasteiger partial charge is 0.444 e. The summed E-state index contributed by atoms with van der Waals surface area (Å²) in [6, 6.07) is 3.04. The molecule has 0 spiro atoms. The Kier molecular flexibility index (Phi) is 6.54. The van der Waals surface area contributed by atoms with E-state index in [9.17, 15) is 9.59 Å². The second-order valence-corrected chi connectivity index (χ2v) is 10.8. The first kappa shape index (κ1) is 25.6. The maximum absolute atomic E-state index is 15.1. The number of piperidine rings is 1. The van der Waals surface area contributed by atoms with E-state index in [0.717, 1.165) is 36.2 Å². The van der Waals surface area contributed by atoms with Crippen molar-refractivity contribution in [3.8, 4) is 11.3 Å². The molecular formula is C27H32FN7O3. The van der Waals surface area contributed by atoms with Crippen molar-refractivity contribution in [2.24, 2.45) is 0 Å². The summed E-state index contributed by atoms with van der Waals surface area (Å²) in [6.45, 7) is 10.1. The van der Waals surface area contributed by atoms with E-state index >= 15 is 4.39 Å². The highest BCUT2D eigenvalue weighted by Crippen LogP contribution is 2.24. The topological polar surface area (TPSA) is 106 Å². The normalized spacial score (nSPS) is 16.3. The molecule has 4 aromatic rings. The van der Waals surface area contributed by atoms with Crippen LogP contribution < -0.4 is 5.32 Å². The summed E-state index contributed by atoms with van der Waals surface area (Å²) in [6.07, 6.45) is 7.24. The zero-order valence-corrected chi connectivity index (χ0v) is 22.3. The van der Waals surface area contributed by atoms with E-state index in [1.54, 1.807) is 15.6 Å². The molecule has 1 fully saturated rings. The van der Waals surface area contributed by atoms with Gasteiger partial charge < -0.3 is 19.4 Å². The van der Waals surface area contributed by atoms with E-state index in [1.807, 2.05) is 46.9 Å². The third kappa shape index (κ3) is 5.18. The number of ether oxygens (including phenoxy) is 1. The van der Waals surface area contributed by atoms with Gasteiger partial charge in [-0.3, -0.25) is 4.79 Å². The number of pyridine rings is 1. The molecule has 0 saturated carbocycles. The number of amides is 2. The molecule has 4 aromatic heterocycles. The molecule has 11 heteroatoms. The van der Waals surface area contributed by atoms with E-state index in [2.05, 4.69) is 20.4 Å². The van der Waals surface area contributed by atoms with Crippen molar-refractivity contribution in [3.63, 3.8) is 0 Å². The van der Waals surface area contributed by atoms with Gasteiger partial charge in [-0.25, -0.2) is 23.7 Å². The zero-order valence-electron chi connectivity index (χ0n) is 22.3. The molecule has 0 bridgehead atoms. The number of fused-ring (bicyclic) bond motifs is 2. The van der Waals surface area contributed by atoms with Crippen LogP contribution in [0.3, 0.4) is 0 Å². The highest BCUT2D eigenvalue weighted by molar-refractivity contribution is 5.93. The molecule has 5 heterocycles. The maximum atomic E-state index is 15.1. The summed E-state index contributed by atoms with van der Waals surface area (Å²) in [7, 11) is 0. The average Bonchev–Trinajstić information content (AvgIpc) is 3.45. The van der Waals surface area contributed by atoms with E-state index in [4.69, 9.17) is 4.74 Å². The molecule has 1 saturated heterocycles. The number of carbonyl (C=O) groups is 2. The first-order chi connectivity index (χ1) is 18.0. The Hall–Kier alpha value is -4.02. The SMILES string of the molecule is Cc1cn2nc(-c3cc(F)c4nc(C(=O)NC[C@H]5CCCCN5C(=O)OC(C)(C)C)cn4c3)cc(C)c2n1. The second-order valence-electron chi connectivity index (χ2n) is 10.8. The van der Waals surface area contributed by atoms with Crippen molar-refractivity contribution < 1.29 is 18.7 Å². The fourth-order valence-corrected chi connectivity index (χ4v) is 4.77.